The van der Waals surface area contributed by atoms with E-state index >= 15 is 0 Å². The Labute approximate surface area is 221 Å². The first-order chi connectivity index (χ1) is 18.1. The fourth-order valence-corrected chi connectivity index (χ4v) is 6.06. The number of carbonyl (C=O) groups excluding carboxylic acids is 3. The van der Waals surface area contributed by atoms with Crippen molar-refractivity contribution in [1.82, 2.24) is 14.4 Å². The van der Waals surface area contributed by atoms with Crippen LogP contribution in [0.3, 0.4) is 0 Å². The summed E-state index contributed by atoms with van der Waals surface area (Å²) in [6.45, 7) is 5.00. The van der Waals surface area contributed by atoms with Crippen molar-refractivity contribution in [2.45, 2.75) is 58.0 Å². The van der Waals surface area contributed by atoms with Gasteiger partial charge < -0.3 is 19.5 Å². The van der Waals surface area contributed by atoms with Gasteiger partial charge in [-0.1, -0.05) is 12.1 Å². The number of phenolic OH excluding ortho intramolecular Hbond substituents is 1. The predicted molar refractivity (Wildman–Crippen MR) is 143 cm³/mol. The number of carbonyl (C=O) groups is 3. The molecular formula is C30H34FN3O4. The molecule has 1 N–H and O–H groups in total. The number of fused-ring (bicyclic) bond motifs is 1. The molecule has 2 fully saturated rings. The van der Waals surface area contributed by atoms with Gasteiger partial charge in [-0.05, 0) is 75.6 Å². The summed E-state index contributed by atoms with van der Waals surface area (Å²) in [6, 6.07) is 9.59. The summed E-state index contributed by atoms with van der Waals surface area (Å²) in [5, 5.41) is 11.2. The van der Waals surface area contributed by atoms with Crippen LogP contribution in [-0.2, 0) is 18.3 Å². The zero-order chi connectivity index (χ0) is 27.1. The standard InChI is InChI=1S/C30H34FN3O4/c1-18-4-5-19(2)34(18)30(38)28(36)25-17-32(3)26-16-27(35)24(15-23(25)26)29(37)33-12-10-21(11-13-33)14-20-6-8-22(31)9-7-20/h6-9,15-19,21,35H,4-5,10-14H2,1-3H3. The van der Waals surface area contributed by atoms with Gasteiger partial charge in [0.15, 0.2) is 0 Å². The lowest BCUT2D eigenvalue weighted by Gasteiger charge is -2.32. The summed E-state index contributed by atoms with van der Waals surface area (Å²) in [7, 11) is 1.75. The lowest BCUT2D eigenvalue weighted by molar-refractivity contribution is -0.128. The third-order valence-electron chi connectivity index (χ3n) is 8.30. The highest BCUT2D eigenvalue weighted by Crippen LogP contribution is 2.32. The number of Topliss-reactive ketones (excluding diaryl/α,β-unsaturated/α-hetero) is 1. The summed E-state index contributed by atoms with van der Waals surface area (Å²) in [6.07, 6.45) is 5.78. The SMILES string of the molecule is CC1CCC(C)N1C(=O)C(=O)c1cn(C)c2cc(O)c(C(=O)N3CCC(Cc4ccc(F)cc4)CC3)cc12. The number of aromatic nitrogens is 1. The van der Waals surface area contributed by atoms with E-state index in [9.17, 15) is 23.9 Å². The minimum absolute atomic E-state index is 0.00333. The van der Waals surface area contributed by atoms with Gasteiger partial charge in [0.2, 0.25) is 0 Å². The number of aryl methyl sites for hydroxylation is 1. The first-order valence-electron chi connectivity index (χ1n) is 13.4. The minimum atomic E-state index is -0.595. The lowest BCUT2D eigenvalue weighted by Crippen LogP contribution is -2.42. The molecule has 8 heteroatoms. The third kappa shape index (κ3) is 4.79. The van der Waals surface area contributed by atoms with Crippen LogP contribution in [0.2, 0.25) is 0 Å². The third-order valence-corrected chi connectivity index (χ3v) is 8.30. The fourth-order valence-electron chi connectivity index (χ4n) is 6.06. The van der Waals surface area contributed by atoms with Gasteiger partial charge in [-0.15, -0.1) is 0 Å². The van der Waals surface area contributed by atoms with Crippen LogP contribution in [0.5, 0.6) is 5.75 Å². The number of nitrogens with zero attached hydrogens (tertiary/aromatic N) is 3. The van der Waals surface area contributed by atoms with Crippen molar-refractivity contribution in [2.24, 2.45) is 13.0 Å². The second kappa shape index (κ2) is 10.2. The van der Waals surface area contributed by atoms with E-state index in [0.717, 1.165) is 37.7 Å². The molecule has 0 aliphatic carbocycles. The summed E-state index contributed by atoms with van der Waals surface area (Å²) < 4.78 is 14.9. The molecule has 3 aromatic rings. The maximum absolute atomic E-state index is 13.4. The maximum Gasteiger partial charge on any atom is 0.295 e. The Hall–Kier alpha value is -3.68. The summed E-state index contributed by atoms with van der Waals surface area (Å²) in [5.41, 5.74) is 2.03. The normalized spacial score (nSPS) is 20.3. The van der Waals surface area contributed by atoms with E-state index in [0.29, 0.717) is 29.9 Å². The zero-order valence-corrected chi connectivity index (χ0v) is 22.1. The van der Waals surface area contributed by atoms with Crippen molar-refractivity contribution in [2.75, 3.05) is 13.1 Å². The number of ketones is 1. The number of likely N-dealkylation sites (tertiary alicyclic amines) is 2. The fraction of sp³-hybridized carbons (Fsp3) is 0.433. The molecule has 38 heavy (non-hydrogen) atoms. The number of piperidine rings is 1. The molecule has 2 atom stereocenters. The van der Waals surface area contributed by atoms with Crippen LogP contribution in [-0.4, -0.2) is 62.2 Å². The molecule has 0 radical (unpaired) electrons. The number of hydrogen-bond donors (Lipinski definition) is 1. The van der Waals surface area contributed by atoms with E-state index in [1.165, 1.54) is 18.2 Å². The molecule has 2 unspecified atom stereocenters. The molecule has 2 amide bonds. The molecule has 2 saturated heterocycles. The van der Waals surface area contributed by atoms with Gasteiger partial charge in [-0.25, -0.2) is 4.39 Å². The van der Waals surface area contributed by atoms with Crippen molar-refractivity contribution < 1.29 is 23.9 Å². The van der Waals surface area contributed by atoms with E-state index in [-0.39, 0.29) is 40.7 Å². The molecule has 3 heterocycles. The molecule has 2 aliphatic rings. The molecule has 0 saturated carbocycles. The number of benzene rings is 2. The lowest BCUT2D eigenvalue weighted by atomic mass is 9.90. The van der Waals surface area contributed by atoms with Gasteiger partial charge in [0.1, 0.15) is 11.6 Å². The Morgan fingerprint density at radius 3 is 2.21 bits per heavy atom. The van der Waals surface area contributed by atoms with Gasteiger partial charge in [-0.3, -0.25) is 14.4 Å². The average Bonchev–Trinajstić information content (AvgIpc) is 3.41. The highest BCUT2D eigenvalue weighted by atomic mass is 19.1. The zero-order valence-electron chi connectivity index (χ0n) is 22.1. The van der Waals surface area contributed by atoms with Crippen LogP contribution < -0.4 is 0 Å². The maximum atomic E-state index is 13.4. The van der Waals surface area contributed by atoms with E-state index in [1.54, 1.807) is 45.8 Å². The van der Waals surface area contributed by atoms with Gasteiger partial charge in [0, 0.05) is 49.9 Å². The Kier molecular flexibility index (Phi) is 6.99. The van der Waals surface area contributed by atoms with Crippen molar-refractivity contribution in [3.05, 3.63) is 65.1 Å². The summed E-state index contributed by atoms with van der Waals surface area (Å²) in [5.74, 6) is -1.43. The Bertz CT molecular complexity index is 1380. The van der Waals surface area contributed by atoms with Crippen molar-refractivity contribution in [1.29, 1.82) is 0 Å². The molecule has 200 valence electrons. The van der Waals surface area contributed by atoms with Gasteiger partial charge >= 0.3 is 0 Å². The molecule has 2 aliphatic heterocycles. The number of aromatic hydroxyl groups is 1. The Morgan fingerprint density at radius 1 is 0.947 bits per heavy atom. The molecule has 1 aromatic heterocycles. The molecule has 5 rings (SSSR count). The minimum Gasteiger partial charge on any atom is -0.507 e. The topological polar surface area (TPSA) is 82.9 Å². The van der Waals surface area contributed by atoms with Crippen LogP contribution in [0.25, 0.3) is 10.9 Å². The van der Waals surface area contributed by atoms with Crippen LogP contribution in [0.4, 0.5) is 4.39 Å². The molecule has 2 aromatic carbocycles. The largest absolute Gasteiger partial charge is 0.507 e. The van der Waals surface area contributed by atoms with Crippen molar-refractivity contribution in [3.8, 4) is 5.75 Å². The number of phenols is 1. The van der Waals surface area contributed by atoms with Crippen LogP contribution in [0, 0.1) is 11.7 Å². The van der Waals surface area contributed by atoms with Crippen molar-refractivity contribution in [3.63, 3.8) is 0 Å². The van der Waals surface area contributed by atoms with E-state index in [1.807, 2.05) is 13.8 Å². The number of halogens is 1. The first kappa shape index (κ1) is 25.9. The smallest absolute Gasteiger partial charge is 0.295 e. The Balaban J connectivity index is 1.34. The summed E-state index contributed by atoms with van der Waals surface area (Å²) >= 11 is 0. The highest BCUT2D eigenvalue weighted by Gasteiger charge is 2.36. The monoisotopic (exact) mass is 519 g/mol. The molecule has 7 nitrogen and oxygen atoms in total. The molecule has 0 bridgehead atoms. The quantitative estimate of drug-likeness (QED) is 0.391. The number of rotatable bonds is 5. The average molecular weight is 520 g/mol. The van der Waals surface area contributed by atoms with Gasteiger partial charge in [-0.2, -0.15) is 0 Å². The predicted octanol–water partition coefficient (Wildman–Crippen LogP) is 4.70. The van der Waals surface area contributed by atoms with Crippen LogP contribution in [0.15, 0.2) is 42.6 Å². The second-order valence-corrected chi connectivity index (χ2v) is 10.9. The molecular weight excluding hydrogens is 485 g/mol. The van der Waals surface area contributed by atoms with Gasteiger partial charge in [0.05, 0.1) is 16.6 Å². The van der Waals surface area contributed by atoms with E-state index < -0.39 is 11.7 Å². The Morgan fingerprint density at radius 2 is 1.58 bits per heavy atom. The summed E-state index contributed by atoms with van der Waals surface area (Å²) in [4.78, 5) is 43.3. The first-order valence-corrected chi connectivity index (χ1v) is 13.4. The highest BCUT2D eigenvalue weighted by molar-refractivity contribution is 6.45. The van der Waals surface area contributed by atoms with E-state index in [2.05, 4.69) is 0 Å². The molecule has 0 spiro atoms. The second-order valence-electron chi connectivity index (χ2n) is 10.9. The van der Waals surface area contributed by atoms with E-state index in [4.69, 9.17) is 0 Å². The van der Waals surface area contributed by atoms with Crippen LogP contribution in [0.1, 0.15) is 65.8 Å². The van der Waals surface area contributed by atoms with Crippen molar-refractivity contribution >= 4 is 28.5 Å². The number of amides is 2. The number of hydrogen-bond acceptors (Lipinski definition) is 4. The van der Waals surface area contributed by atoms with Gasteiger partial charge in [0.25, 0.3) is 17.6 Å². The van der Waals surface area contributed by atoms with Crippen LogP contribution >= 0.6 is 0 Å².